The minimum atomic E-state index is -0.791. The highest BCUT2D eigenvalue weighted by Crippen LogP contribution is 2.55. The van der Waals surface area contributed by atoms with Crippen LogP contribution in [0.25, 0.3) is 0 Å². The number of phenolic OH excluding ortho intramolecular Hbond substituents is 1. The summed E-state index contributed by atoms with van der Waals surface area (Å²) >= 11 is 3.78. The summed E-state index contributed by atoms with van der Waals surface area (Å²) in [5.41, 5.74) is 8.87. The van der Waals surface area contributed by atoms with Gasteiger partial charge in [-0.25, -0.2) is 0 Å². The number of phenols is 1. The van der Waals surface area contributed by atoms with Crippen LogP contribution in [0, 0.1) is 0 Å². The maximum Gasteiger partial charge on any atom is 0.317 e. The van der Waals surface area contributed by atoms with E-state index in [1.165, 1.54) is 22.2 Å². The first-order valence-electron chi connectivity index (χ1n) is 17.9. The van der Waals surface area contributed by atoms with Gasteiger partial charge in [-0.2, -0.15) is 0 Å². The van der Waals surface area contributed by atoms with Crippen LogP contribution in [0.15, 0.2) is 51.3 Å². The summed E-state index contributed by atoms with van der Waals surface area (Å²) < 4.78 is 6.38. The molecule has 2 aromatic rings. The third-order valence-electron chi connectivity index (χ3n) is 8.94. The largest absolute Gasteiger partial charge is 0.507 e. The van der Waals surface area contributed by atoms with Crippen molar-refractivity contribution < 1.29 is 19.7 Å². The molecular formula is C41H63N3O4S2. The number of benzene rings is 2. The molecule has 0 aromatic heterocycles. The monoisotopic (exact) mass is 725 g/mol. The molecular weight excluding hydrogens is 663 g/mol. The fourth-order valence-electron chi connectivity index (χ4n) is 6.15. The molecule has 50 heavy (non-hydrogen) atoms. The molecule has 278 valence electrons. The van der Waals surface area contributed by atoms with Gasteiger partial charge in [0.05, 0.1) is 17.2 Å². The Morgan fingerprint density at radius 2 is 1.28 bits per heavy atom. The first-order valence-corrected chi connectivity index (χ1v) is 19.5. The zero-order valence-corrected chi connectivity index (χ0v) is 34.3. The molecule has 1 heterocycles. The molecule has 0 spiro atoms. The summed E-state index contributed by atoms with van der Waals surface area (Å²) in [4.78, 5) is 20.4. The molecule has 4 N–H and O–H groups in total. The van der Waals surface area contributed by atoms with Crippen LogP contribution in [0.4, 0.5) is 0 Å². The van der Waals surface area contributed by atoms with E-state index in [2.05, 4.69) is 112 Å². The number of hydrogen-bond donors (Lipinski definition) is 3. The average Bonchev–Trinajstić information content (AvgIpc) is 2.96. The number of aromatic hydroxyl groups is 1. The van der Waals surface area contributed by atoms with Gasteiger partial charge in [0.2, 0.25) is 0 Å². The lowest BCUT2D eigenvalue weighted by Gasteiger charge is -2.41. The topological polar surface area (TPSA) is 108 Å². The molecule has 1 aliphatic rings. The smallest absolute Gasteiger partial charge is 0.317 e. The number of hydrogen-bond acceptors (Lipinski definition) is 8. The molecule has 2 aromatic carbocycles. The number of thioether (sulfide) groups is 2. The van der Waals surface area contributed by atoms with Crippen molar-refractivity contribution >= 4 is 35.7 Å². The summed E-state index contributed by atoms with van der Waals surface area (Å²) in [5, 5.41) is 21.0. The van der Waals surface area contributed by atoms with E-state index in [1.807, 2.05) is 28.4 Å². The number of allylic oxidation sites excluding steroid dienone is 1. The number of carboxylic acids is 1. The molecule has 3 rings (SSSR count). The minimum Gasteiger partial charge on any atom is -0.507 e. The Morgan fingerprint density at radius 3 is 1.68 bits per heavy atom. The van der Waals surface area contributed by atoms with E-state index >= 15 is 0 Å². The van der Waals surface area contributed by atoms with E-state index in [4.69, 9.17) is 10.5 Å². The molecule has 0 aliphatic carbocycles. The quantitative estimate of drug-likeness (QED) is 0.113. The zero-order valence-electron chi connectivity index (χ0n) is 32.7. The molecule has 9 heteroatoms. The van der Waals surface area contributed by atoms with E-state index < -0.39 is 5.97 Å². The van der Waals surface area contributed by atoms with Crippen molar-refractivity contribution in [3.63, 3.8) is 0 Å². The van der Waals surface area contributed by atoms with E-state index in [0.717, 1.165) is 41.0 Å². The maximum atomic E-state index is 11.7. The predicted octanol–water partition coefficient (Wildman–Crippen LogP) is 9.66. The molecule has 0 atom stereocenters. The van der Waals surface area contributed by atoms with Crippen LogP contribution in [-0.4, -0.2) is 64.2 Å². The SMILES string of the molecule is CC(C)(C)c1cc(SC2(Sc3cc(C(C)(C)C)c(OCCCN=CC=CN)c(C(C)(C)C)c3)CCN(CC(=O)O)CC2)cc(C(C)(C)C)c1O. The number of piperidine rings is 1. The summed E-state index contributed by atoms with van der Waals surface area (Å²) in [6, 6.07) is 9.00. The van der Waals surface area contributed by atoms with Gasteiger partial charge in [-0.1, -0.05) is 83.1 Å². The van der Waals surface area contributed by atoms with Gasteiger partial charge in [-0.15, -0.1) is 23.5 Å². The van der Waals surface area contributed by atoms with Gasteiger partial charge < -0.3 is 20.7 Å². The van der Waals surface area contributed by atoms with Gasteiger partial charge in [-0.3, -0.25) is 14.7 Å². The lowest BCUT2D eigenvalue weighted by atomic mass is 9.79. The van der Waals surface area contributed by atoms with E-state index in [-0.39, 0.29) is 32.3 Å². The van der Waals surface area contributed by atoms with Crippen molar-refractivity contribution in [2.75, 3.05) is 32.8 Å². The zero-order chi connectivity index (χ0) is 37.7. The number of nitrogens with two attached hydrogens (primary N) is 1. The van der Waals surface area contributed by atoms with Crippen LogP contribution in [0.3, 0.4) is 0 Å². The number of carbonyl (C=O) groups is 1. The minimum absolute atomic E-state index is 0.0520. The van der Waals surface area contributed by atoms with E-state index in [9.17, 15) is 15.0 Å². The molecule has 0 unspecified atom stereocenters. The second-order valence-corrected chi connectivity index (χ2v) is 20.8. The van der Waals surface area contributed by atoms with Crippen LogP contribution in [0.1, 0.15) is 125 Å². The van der Waals surface area contributed by atoms with Gasteiger partial charge in [0.15, 0.2) is 0 Å². The van der Waals surface area contributed by atoms with Crippen molar-refractivity contribution in [1.82, 2.24) is 4.90 Å². The Balaban J connectivity index is 2.14. The van der Waals surface area contributed by atoms with E-state index in [0.29, 0.717) is 32.0 Å². The summed E-state index contributed by atoms with van der Waals surface area (Å²) in [7, 11) is 0. The van der Waals surface area contributed by atoms with Crippen molar-refractivity contribution in [3.05, 3.63) is 58.8 Å². The summed E-state index contributed by atoms with van der Waals surface area (Å²) in [6.07, 6.45) is 7.36. The predicted molar refractivity (Wildman–Crippen MR) is 214 cm³/mol. The molecule has 0 amide bonds. The number of carboxylic acid groups (broad SMARTS) is 1. The molecule has 0 bridgehead atoms. The summed E-state index contributed by atoms with van der Waals surface area (Å²) in [5.74, 6) is 0.550. The highest BCUT2D eigenvalue weighted by Gasteiger charge is 2.39. The first-order chi connectivity index (χ1) is 23.0. The van der Waals surface area contributed by atoms with Crippen LogP contribution < -0.4 is 10.5 Å². The van der Waals surface area contributed by atoms with Crippen LogP contribution in [0.2, 0.25) is 0 Å². The standard InChI is InChI=1S/C41H63N3O4S2/c1-37(2,3)30-23-28(24-31(35(30)47)38(4,5)6)49-41(15-20-44(21-16-41)27-34(45)46)50-29-25-32(39(7,8)9)36(33(26-29)40(10,11)12)48-22-14-19-43-18-13-17-42/h13,17-18,23-26,47H,14-16,19-22,27,42H2,1-12H3,(H,45,46). The molecule has 1 saturated heterocycles. The number of aliphatic imine (C=N–C) groups is 1. The van der Waals surface area contributed by atoms with Crippen LogP contribution >= 0.6 is 23.5 Å². The number of likely N-dealkylation sites (tertiary alicyclic amines) is 1. The average molecular weight is 726 g/mol. The number of ether oxygens (including phenoxy) is 1. The van der Waals surface area contributed by atoms with Gasteiger partial charge in [0.25, 0.3) is 0 Å². The number of nitrogens with zero attached hydrogens (tertiary/aromatic N) is 2. The van der Waals surface area contributed by atoms with E-state index in [1.54, 1.807) is 12.3 Å². The number of rotatable bonds is 12. The van der Waals surface area contributed by atoms with Gasteiger partial charge in [0.1, 0.15) is 11.5 Å². The highest BCUT2D eigenvalue weighted by molar-refractivity contribution is 8.18. The normalized spacial score (nSPS) is 16.4. The first kappa shape index (κ1) is 41.8. The Bertz CT molecular complexity index is 1460. The Labute approximate surface area is 310 Å². The summed E-state index contributed by atoms with van der Waals surface area (Å²) in [6.45, 7) is 29.0. The fourth-order valence-corrected chi connectivity index (χ4v) is 9.24. The lowest BCUT2D eigenvalue weighted by Crippen LogP contribution is -2.42. The van der Waals surface area contributed by atoms with Gasteiger partial charge >= 0.3 is 5.97 Å². The second-order valence-electron chi connectivity index (χ2n) is 17.6. The van der Waals surface area contributed by atoms with Gasteiger partial charge in [0, 0.05) is 64.3 Å². The van der Waals surface area contributed by atoms with Crippen molar-refractivity contribution in [2.24, 2.45) is 10.7 Å². The number of aliphatic carboxylic acids is 1. The van der Waals surface area contributed by atoms with Gasteiger partial charge in [-0.05, 0) is 71.0 Å². The van der Waals surface area contributed by atoms with Crippen molar-refractivity contribution in [1.29, 1.82) is 0 Å². The Kier molecular flexibility index (Phi) is 13.7. The molecule has 1 fully saturated rings. The molecule has 7 nitrogen and oxygen atoms in total. The van der Waals surface area contributed by atoms with Crippen molar-refractivity contribution in [2.45, 2.75) is 138 Å². The van der Waals surface area contributed by atoms with Crippen molar-refractivity contribution in [3.8, 4) is 11.5 Å². The molecule has 0 saturated carbocycles. The third-order valence-corrected chi connectivity index (χ3v) is 11.9. The third kappa shape index (κ3) is 11.4. The van der Waals surface area contributed by atoms with Crippen LogP contribution in [0.5, 0.6) is 11.5 Å². The highest BCUT2D eigenvalue weighted by atomic mass is 32.2. The van der Waals surface area contributed by atoms with Crippen LogP contribution in [-0.2, 0) is 26.5 Å². The second kappa shape index (κ2) is 16.4. The maximum absolute atomic E-state index is 11.7. The Morgan fingerprint density at radius 1 is 0.840 bits per heavy atom. The molecule has 1 aliphatic heterocycles. The fraction of sp³-hybridized carbons (Fsp3) is 0.610. The Hall–Kier alpha value is -2.62. The molecule has 0 radical (unpaired) electrons. The lowest BCUT2D eigenvalue weighted by molar-refractivity contribution is -0.138.